The summed E-state index contributed by atoms with van der Waals surface area (Å²) in [6, 6.07) is -1.12. The van der Waals surface area contributed by atoms with E-state index in [4.69, 9.17) is 9.05 Å². The van der Waals surface area contributed by atoms with E-state index in [2.05, 4.69) is 177 Å². The zero-order valence-electron chi connectivity index (χ0n) is 47.8. The summed E-state index contributed by atoms with van der Waals surface area (Å²) in [6.45, 7) is 4.21. The molecule has 0 aromatic heterocycles. The van der Waals surface area contributed by atoms with Gasteiger partial charge < -0.3 is 34.0 Å². The number of amides is 1. The third kappa shape index (κ3) is 54.7. The molecule has 0 aromatic carbocycles. The highest BCUT2D eigenvalue weighted by Gasteiger charge is 2.29. The van der Waals surface area contributed by atoms with Crippen molar-refractivity contribution in [2.75, 3.05) is 40.9 Å². The Morgan fingerprint density at radius 1 is 0.493 bits per heavy atom. The van der Waals surface area contributed by atoms with Crippen LogP contribution in [-0.4, -0.2) is 79.8 Å². The first-order valence-corrected chi connectivity index (χ1v) is 30.4. The molecule has 424 valence electrons. The number of hydrogen-bond acceptors (Lipinski definition) is 7. The van der Waals surface area contributed by atoms with Crippen molar-refractivity contribution in [3.05, 3.63) is 158 Å². The molecule has 10 heteroatoms. The molecule has 0 saturated heterocycles. The summed E-state index contributed by atoms with van der Waals surface area (Å²) < 4.78 is 23.2. The van der Waals surface area contributed by atoms with Gasteiger partial charge in [0.05, 0.1) is 39.9 Å². The van der Waals surface area contributed by atoms with E-state index in [-0.39, 0.29) is 18.9 Å². The Hall–Kier alpha value is -3.92. The molecule has 4 unspecified atom stereocenters. The minimum absolute atomic E-state index is 0.0618. The van der Waals surface area contributed by atoms with Crippen LogP contribution in [0.1, 0.15) is 187 Å². The summed E-state index contributed by atoms with van der Waals surface area (Å²) >= 11 is 0. The quantitative estimate of drug-likeness (QED) is 0.0240. The number of nitrogens with one attached hydrogen (secondary N) is 1. The van der Waals surface area contributed by atoms with Crippen LogP contribution in [0.25, 0.3) is 0 Å². The van der Waals surface area contributed by atoms with E-state index in [9.17, 15) is 24.5 Å². The first kappa shape index (κ1) is 71.1. The number of nitrogens with zero attached hydrogens (tertiary/aromatic N) is 1. The zero-order valence-corrected chi connectivity index (χ0v) is 48.7. The van der Waals surface area contributed by atoms with Gasteiger partial charge >= 0.3 is 0 Å². The molecule has 9 nitrogen and oxygen atoms in total. The monoisotopic (exact) mass is 1060 g/mol. The van der Waals surface area contributed by atoms with Crippen LogP contribution in [0.2, 0.25) is 0 Å². The van der Waals surface area contributed by atoms with E-state index >= 15 is 0 Å². The van der Waals surface area contributed by atoms with Gasteiger partial charge in [0.2, 0.25) is 5.91 Å². The molecule has 0 radical (unpaired) electrons. The lowest BCUT2D eigenvalue weighted by Gasteiger charge is -2.31. The van der Waals surface area contributed by atoms with E-state index in [0.717, 1.165) is 128 Å². The Morgan fingerprint density at radius 2 is 0.853 bits per heavy atom. The molecule has 75 heavy (non-hydrogen) atoms. The number of aliphatic hydroxyl groups excluding tert-OH is 2. The Balaban J connectivity index is 4.27. The molecule has 0 aliphatic heterocycles. The Kier molecular flexibility index (Phi) is 50.7. The summed E-state index contributed by atoms with van der Waals surface area (Å²) in [5.74, 6) is -0.320. The number of rotatable bonds is 50. The van der Waals surface area contributed by atoms with Crippen LogP contribution in [0.4, 0.5) is 0 Å². The molecule has 0 aromatic rings. The van der Waals surface area contributed by atoms with E-state index in [1.54, 1.807) is 0 Å². The van der Waals surface area contributed by atoms with Gasteiger partial charge in [-0.2, -0.15) is 0 Å². The summed E-state index contributed by atoms with van der Waals surface area (Å²) in [5, 5.41) is 24.6. The SMILES string of the molecule is CC/C=C\C/C=C\C/C=C\C/C=C\C/C=C\C/C=C\C/C=C\C/C=C\C/C=C\C/C=C\C/C=C\CCCCCCCC(=O)NC(COP(=O)([O-])OCC[N+](C)(C)C)C(O)C(O)CCC/C=C/CC/C=C/CCCCC. The average molecular weight is 1060 g/mol. The summed E-state index contributed by atoms with van der Waals surface area (Å²) in [5.41, 5.74) is 0. The molecule has 0 fully saturated rings. The third-order valence-corrected chi connectivity index (χ3v) is 12.8. The second-order valence-corrected chi connectivity index (χ2v) is 21.4. The number of quaternary nitrogens is 1. The molecule has 0 heterocycles. The van der Waals surface area contributed by atoms with Crippen LogP contribution >= 0.6 is 7.82 Å². The molecule has 4 atom stereocenters. The van der Waals surface area contributed by atoms with Crippen LogP contribution in [0.5, 0.6) is 0 Å². The van der Waals surface area contributed by atoms with E-state index in [0.29, 0.717) is 30.3 Å². The largest absolute Gasteiger partial charge is 0.756 e. The molecule has 0 aliphatic rings. The molecule has 0 aliphatic carbocycles. The molecule has 1 amide bonds. The number of aliphatic hydroxyl groups is 2. The predicted molar refractivity (Wildman–Crippen MR) is 321 cm³/mol. The lowest BCUT2D eigenvalue weighted by Crippen LogP contribution is -2.51. The van der Waals surface area contributed by atoms with Crippen LogP contribution in [0, 0.1) is 0 Å². The molecule has 0 spiro atoms. The summed E-state index contributed by atoms with van der Waals surface area (Å²) in [4.78, 5) is 25.5. The summed E-state index contributed by atoms with van der Waals surface area (Å²) in [6.07, 6.45) is 80.3. The number of phosphoric acid groups is 1. The van der Waals surface area contributed by atoms with Crippen LogP contribution in [-0.2, 0) is 18.4 Å². The second kappa shape index (κ2) is 53.5. The number of unbranched alkanes of at least 4 members (excludes halogenated alkanes) is 10. The average Bonchev–Trinajstić information content (AvgIpc) is 3.37. The number of phosphoric ester groups is 1. The smallest absolute Gasteiger partial charge is 0.268 e. The topological polar surface area (TPSA) is 128 Å². The first-order valence-electron chi connectivity index (χ1n) is 28.9. The zero-order chi connectivity index (χ0) is 55.0. The van der Waals surface area contributed by atoms with Gasteiger partial charge in [0, 0.05) is 6.42 Å². The Bertz CT molecular complexity index is 1790. The fourth-order valence-electron chi connectivity index (χ4n) is 7.27. The van der Waals surface area contributed by atoms with Gasteiger partial charge in [-0.3, -0.25) is 9.36 Å². The molecule has 3 N–H and O–H groups in total. The molecule has 0 rings (SSSR count). The van der Waals surface area contributed by atoms with Gasteiger partial charge in [-0.1, -0.05) is 204 Å². The lowest BCUT2D eigenvalue weighted by atomic mass is 10.0. The number of likely N-dealkylation sites (N-methyl/N-ethyl adjacent to an activating group) is 1. The fourth-order valence-corrected chi connectivity index (χ4v) is 8.00. The van der Waals surface area contributed by atoms with Crippen LogP contribution in [0.3, 0.4) is 0 Å². The van der Waals surface area contributed by atoms with Crippen molar-refractivity contribution >= 4 is 13.7 Å². The predicted octanol–water partition coefficient (Wildman–Crippen LogP) is 16.2. The fraction of sp³-hybridized carbons (Fsp3) is 0.585. The maximum absolute atomic E-state index is 13.0. The van der Waals surface area contributed by atoms with E-state index in [1.807, 2.05) is 21.1 Å². The summed E-state index contributed by atoms with van der Waals surface area (Å²) in [7, 11) is 1.06. The van der Waals surface area contributed by atoms with Gasteiger partial charge in [-0.05, 0) is 135 Å². The van der Waals surface area contributed by atoms with E-state index in [1.165, 1.54) is 19.3 Å². The van der Waals surface area contributed by atoms with Gasteiger partial charge in [0.25, 0.3) is 7.82 Å². The van der Waals surface area contributed by atoms with Crippen molar-refractivity contribution in [2.45, 2.75) is 205 Å². The third-order valence-electron chi connectivity index (χ3n) is 11.8. The van der Waals surface area contributed by atoms with Crippen molar-refractivity contribution in [2.24, 2.45) is 0 Å². The van der Waals surface area contributed by atoms with Crippen molar-refractivity contribution in [1.82, 2.24) is 5.32 Å². The number of carbonyl (C=O) groups is 1. The van der Waals surface area contributed by atoms with Crippen LogP contribution < -0.4 is 10.2 Å². The van der Waals surface area contributed by atoms with Gasteiger partial charge in [-0.15, -0.1) is 0 Å². The molecular formula is C65H107N2O7P. The number of allylic oxidation sites excluding steroid dienone is 26. The molecule has 0 saturated carbocycles. The molecule has 0 bridgehead atoms. The Morgan fingerprint density at radius 3 is 1.28 bits per heavy atom. The van der Waals surface area contributed by atoms with E-state index < -0.39 is 32.7 Å². The second-order valence-electron chi connectivity index (χ2n) is 20.0. The van der Waals surface area contributed by atoms with Crippen molar-refractivity contribution in [3.8, 4) is 0 Å². The van der Waals surface area contributed by atoms with Gasteiger partial charge in [-0.25, -0.2) is 0 Å². The minimum Gasteiger partial charge on any atom is -0.756 e. The maximum atomic E-state index is 13.0. The normalized spacial score (nSPS) is 15.5. The number of hydrogen-bond donors (Lipinski definition) is 3. The highest BCUT2D eigenvalue weighted by molar-refractivity contribution is 7.45. The standard InChI is InChI=1S/C65H107N2O7P/c1-6-8-10-12-14-16-18-20-21-22-23-24-25-26-27-28-29-30-31-32-33-34-35-36-37-38-39-40-41-42-43-44-45-46-48-50-52-54-56-58-64(69)66-62(61-74-75(71,72)73-60-59-67(3,4)5)65(70)63(68)57-55-53-51-49-47-19-17-15-13-11-9-7-2/h8,10,14-17,20-21,23-24,26-27,29-30,32-33,35-36,38-39,41-42,44-45,49,51,62-63,65,68,70H,6-7,9,11-13,18-19,22,25,28,31,34,37,40,43,46-48,50,52-61H2,1-5H3,(H-,66,69,71,72)/b10-8-,16-14-,17-15+,21-20-,24-23-,27-26-,30-29-,33-32-,36-35-,39-38-,42-41-,45-44-,51-49+. The van der Waals surface area contributed by atoms with Crippen molar-refractivity contribution in [3.63, 3.8) is 0 Å². The van der Waals surface area contributed by atoms with Crippen LogP contribution in [0.15, 0.2) is 158 Å². The van der Waals surface area contributed by atoms with Gasteiger partial charge in [0.15, 0.2) is 0 Å². The van der Waals surface area contributed by atoms with Gasteiger partial charge in [0.1, 0.15) is 19.3 Å². The van der Waals surface area contributed by atoms with Crippen molar-refractivity contribution in [1.29, 1.82) is 0 Å². The van der Waals surface area contributed by atoms with Crippen molar-refractivity contribution < 1.29 is 38.0 Å². The maximum Gasteiger partial charge on any atom is 0.268 e. The molecular weight excluding hydrogens is 952 g/mol. The highest BCUT2D eigenvalue weighted by atomic mass is 31.2. The first-order chi connectivity index (χ1) is 36.4. The highest BCUT2D eigenvalue weighted by Crippen LogP contribution is 2.38. The lowest BCUT2D eigenvalue weighted by molar-refractivity contribution is -0.870. The number of carbonyl (C=O) groups excluding carboxylic acids is 1. The minimum atomic E-state index is -4.70. The Labute approximate surface area is 459 Å².